The number of amides is 3. The summed E-state index contributed by atoms with van der Waals surface area (Å²) < 4.78 is 12.7. The first-order valence-corrected chi connectivity index (χ1v) is 17.3. The maximum Gasteiger partial charge on any atom is 0.248 e. The van der Waals surface area contributed by atoms with E-state index in [1.54, 1.807) is 22.0 Å². The molecule has 5 rings (SSSR count). The highest BCUT2D eigenvalue weighted by molar-refractivity contribution is 6.03. The summed E-state index contributed by atoms with van der Waals surface area (Å²) in [5, 5.41) is 10.7. The van der Waals surface area contributed by atoms with Crippen LogP contribution in [0.4, 0.5) is 5.69 Å². The van der Waals surface area contributed by atoms with E-state index in [4.69, 9.17) is 9.47 Å². The van der Waals surface area contributed by atoms with Crippen LogP contribution in [0.15, 0.2) is 49.6 Å². The molecule has 3 aliphatic heterocycles. The molecule has 46 heavy (non-hydrogen) atoms. The van der Waals surface area contributed by atoms with E-state index < -0.39 is 35.1 Å². The Balaban J connectivity index is 1.60. The molecule has 1 aromatic carbocycles. The van der Waals surface area contributed by atoms with Gasteiger partial charge in [-0.1, -0.05) is 52.2 Å². The lowest BCUT2D eigenvalue weighted by Gasteiger charge is -2.43. The number of hydrogen-bond donors (Lipinski definition) is 1. The molecule has 4 fully saturated rings. The van der Waals surface area contributed by atoms with Crippen LogP contribution in [0.3, 0.4) is 0 Å². The van der Waals surface area contributed by atoms with Gasteiger partial charge in [0.25, 0.3) is 0 Å². The van der Waals surface area contributed by atoms with Crippen molar-refractivity contribution in [2.45, 2.75) is 108 Å². The van der Waals surface area contributed by atoms with Gasteiger partial charge in [-0.2, -0.15) is 0 Å². The number of likely N-dealkylation sites (tertiary alicyclic amines) is 1. The maximum absolute atomic E-state index is 15.0. The second-order valence-corrected chi connectivity index (χ2v) is 13.8. The number of hydrogen-bond acceptors (Lipinski definition) is 6. The summed E-state index contributed by atoms with van der Waals surface area (Å²) in [5.74, 6) is -1.68. The molecule has 3 heterocycles. The Bertz CT molecular complexity index is 1290. The fraction of sp³-hybridized carbons (Fsp3) is 0.649. The Morgan fingerprint density at radius 1 is 1.07 bits per heavy atom. The summed E-state index contributed by atoms with van der Waals surface area (Å²) in [6.45, 7) is 16.6. The third kappa shape index (κ3) is 5.57. The van der Waals surface area contributed by atoms with Gasteiger partial charge in [0.05, 0.1) is 36.7 Å². The van der Waals surface area contributed by atoms with Crippen LogP contribution in [0, 0.1) is 17.8 Å². The van der Waals surface area contributed by atoms with Gasteiger partial charge in [-0.05, 0) is 69.2 Å². The van der Waals surface area contributed by atoms with Crippen LogP contribution >= 0.6 is 0 Å². The molecule has 1 spiro atoms. The molecule has 1 aromatic rings. The summed E-state index contributed by atoms with van der Waals surface area (Å²) in [6.07, 6.45) is 10.1. The fourth-order valence-electron chi connectivity index (χ4n) is 8.90. The molecule has 0 aromatic heterocycles. The minimum absolute atomic E-state index is 0.0530. The van der Waals surface area contributed by atoms with Crippen molar-refractivity contribution < 1.29 is 29.0 Å². The minimum atomic E-state index is -1.17. The second-order valence-electron chi connectivity index (χ2n) is 13.8. The lowest BCUT2D eigenvalue weighted by Crippen LogP contribution is -2.61. The third-order valence-electron chi connectivity index (χ3n) is 11.1. The van der Waals surface area contributed by atoms with E-state index in [9.17, 15) is 19.5 Å². The summed E-state index contributed by atoms with van der Waals surface area (Å²) in [5.41, 5.74) is -1.37. The van der Waals surface area contributed by atoms with Gasteiger partial charge in [0.1, 0.15) is 17.4 Å². The second kappa shape index (κ2) is 13.9. The van der Waals surface area contributed by atoms with Crippen molar-refractivity contribution in [1.82, 2.24) is 9.80 Å². The summed E-state index contributed by atoms with van der Waals surface area (Å²) in [4.78, 5) is 49.9. The maximum atomic E-state index is 15.0. The number of aliphatic hydroxyl groups excluding tert-OH is 1. The molecule has 6 atom stereocenters. The fourth-order valence-corrected chi connectivity index (χ4v) is 8.90. The van der Waals surface area contributed by atoms with E-state index in [-0.39, 0.29) is 42.8 Å². The van der Waals surface area contributed by atoms with Crippen LogP contribution in [-0.4, -0.2) is 88.3 Å². The van der Waals surface area contributed by atoms with Crippen LogP contribution in [-0.2, 0) is 19.1 Å². The number of rotatable bonds is 14. The summed E-state index contributed by atoms with van der Waals surface area (Å²) in [7, 11) is 0. The number of nitrogens with zero attached hydrogens (tertiary/aromatic N) is 3. The van der Waals surface area contributed by atoms with Crippen LogP contribution < -0.4 is 9.64 Å². The predicted molar refractivity (Wildman–Crippen MR) is 178 cm³/mol. The van der Waals surface area contributed by atoms with E-state index in [0.717, 1.165) is 32.1 Å². The lowest BCUT2D eigenvalue weighted by molar-refractivity contribution is -0.158. The molecule has 1 N–H and O–H groups in total. The normalized spacial score (nSPS) is 29.5. The zero-order valence-corrected chi connectivity index (χ0v) is 28.2. The van der Waals surface area contributed by atoms with Crippen molar-refractivity contribution in [2.24, 2.45) is 17.8 Å². The van der Waals surface area contributed by atoms with Gasteiger partial charge in [0.15, 0.2) is 0 Å². The van der Waals surface area contributed by atoms with Crippen molar-refractivity contribution >= 4 is 23.4 Å². The highest BCUT2D eigenvalue weighted by Crippen LogP contribution is 2.65. The number of benzene rings is 1. The lowest BCUT2D eigenvalue weighted by atomic mass is 9.64. The first-order valence-electron chi connectivity index (χ1n) is 17.3. The highest BCUT2D eigenvalue weighted by atomic mass is 16.5. The SMILES string of the molecule is C=CCN(C(=O)[C@@H]1[C@H]2C(=O)N([C@@H](CO)C(C)C)C(C(=O)N(CC=C)C3CCCCC3)C23CC[C@@]1(CC)O3)c1ccc(OCC)cc1. The summed E-state index contributed by atoms with van der Waals surface area (Å²) >= 11 is 0. The van der Waals surface area contributed by atoms with Crippen LogP contribution in [0.25, 0.3) is 0 Å². The molecule has 2 bridgehead atoms. The first kappa shape index (κ1) is 34.2. The molecule has 3 amide bonds. The van der Waals surface area contributed by atoms with Crippen molar-refractivity contribution in [3.8, 4) is 5.75 Å². The van der Waals surface area contributed by atoms with E-state index in [2.05, 4.69) is 13.2 Å². The van der Waals surface area contributed by atoms with Crippen molar-refractivity contribution in [3.63, 3.8) is 0 Å². The summed E-state index contributed by atoms with van der Waals surface area (Å²) in [6, 6.07) is 5.89. The van der Waals surface area contributed by atoms with Gasteiger partial charge < -0.3 is 29.3 Å². The average molecular weight is 636 g/mol. The minimum Gasteiger partial charge on any atom is -0.494 e. The zero-order valence-electron chi connectivity index (χ0n) is 28.2. The predicted octanol–water partition coefficient (Wildman–Crippen LogP) is 5.12. The molecule has 252 valence electrons. The van der Waals surface area contributed by atoms with Gasteiger partial charge in [0.2, 0.25) is 17.7 Å². The Labute approximate surface area is 274 Å². The first-order chi connectivity index (χ1) is 22.1. The standard InChI is InChI=1S/C37H53N3O6/c1-7-22-38(27-16-18-28(19-17-27)45-10-4)33(42)30-31-34(43)40(29(24-41)25(5)6)32(37(31)21-20-36(30,9-3)46-37)35(44)39(23-8-2)26-14-12-11-13-15-26/h7-8,16-19,25-26,29-32,41H,1-2,9-15,20-24H2,3-6H3/t29-,30-,31-,32?,36+,37?/m0/s1. The molecular weight excluding hydrogens is 582 g/mol. The van der Waals surface area contributed by atoms with Crippen LogP contribution in [0.2, 0.25) is 0 Å². The van der Waals surface area contributed by atoms with Crippen LogP contribution in [0.1, 0.15) is 79.1 Å². The van der Waals surface area contributed by atoms with E-state index in [1.807, 2.05) is 56.9 Å². The topological polar surface area (TPSA) is 99.6 Å². The molecule has 9 nitrogen and oxygen atoms in total. The molecule has 1 aliphatic carbocycles. The average Bonchev–Trinajstić information content (AvgIpc) is 3.67. The van der Waals surface area contributed by atoms with Crippen LogP contribution in [0.5, 0.6) is 5.75 Å². The Morgan fingerprint density at radius 3 is 2.30 bits per heavy atom. The molecule has 2 unspecified atom stereocenters. The Hall–Kier alpha value is -3.17. The van der Waals surface area contributed by atoms with Crippen molar-refractivity contribution in [2.75, 3.05) is 31.2 Å². The number of aliphatic hydroxyl groups is 1. The molecule has 4 aliphatic rings. The van der Waals surface area contributed by atoms with Gasteiger partial charge in [-0.15, -0.1) is 13.2 Å². The van der Waals surface area contributed by atoms with E-state index >= 15 is 0 Å². The van der Waals surface area contributed by atoms with E-state index in [1.165, 1.54) is 0 Å². The molecular formula is C37H53N3O6. The third-order valence-corrected chi connectivity index (χ3v) is 11.1. The number of fused-ring (bicyclic) bond motifs is 1. The Morgan fingerprint density at radius 2 is 1.74 bits per heavy atom. The Kier molecular flexibility index (Phi) is 10.3. The van der Waals surface area contributed by atoms with Crippen molar-refractivity contribution in [3.05, 3.63) is 49.6 Å². The van der Waals surface area contributed by atoms with Gasteiger partial charge >= 0.3 is 0 Å². The molecule has 3 saturated heterocycles. The largest absolute Gasteiger partial charge is 0.494 e. The number of carbonyl (C=O) groups excluding carboxylic acids is 3. The quantitative estimate of drug-likeness (QED) is 0.285. The highest BCUT2D eigenvalue weighted by Gasteiger charge is 2.79. The number of ether oxygens (including phenoxy) is 2. The van der Waals surface area contributed by atoms with Gasteiger partial charge in [-0.3, -0.25) is 14.4 Å². The van der Waals surface area contributed by atoms with Crippen molar-refractivity contribution in [1.29, 1.82) is 0 Å². The number of carbonyl (C=O) groups is 3. The van der Waals surface area contributed by atoms with Gasteiger partial charge in [-0.25, -0.2) is 0 Å². The molecule has 1 saturated carbocycles. The molecule has 0 radical (unpaired) electrons. The number of anilines is 1. The monoisotopic (exact) mass is 635 g/mol. The van der Waals surface area contributed by atoms with Gasteiger partial charge in [0, 0.05) is 24.8 Å². The smallest absolute Gasteiger partial charge is 0.248 e. The van der Waals surface area contributed by atoms with E-state index in [0.29, 0.717) is 43.9 Å². The molecule has 9 heteroatoms. The zero-order chi connectivity index (χ0) is 33.2.